The first-order valence-corrected chi connectivity index (χ1v) is 14.8. The molecule has 230 valence electrons. The molecule has 0 radical (unpaired) electrons. The monoisotopic (exact) mass is 606 g/mol. The van der Waals surface area contributed by atoms with Gasteiger partial charge >= 0.3 is 11.9 Å². The number of hydrogen-bond donors (Lipinski definition) is 0. The van der Waals surface area contributed by atoms with Crippen LogP contribution < -0.4 is 24.3 Å². The lowest BCUT2D eigenvalue weighted by Crippen LogP contribution is -2.39. The second-order valence-electron chi connectivity index (χ2n) is 10.3. The van der Waals surface area contributed by atoms with E-state index in [2.05, 4.69) is 4.90 Å². The van der Waals surface area contributed by atoms with Gasteiger partial charge in [0.1, 0.15) is 0 Å². The zero-order valence-corrected chi connectivity index (χ0v) is 25.2. The summed E-state index contributed by atoms with van der Waals surface area (Å²) >= 11 is 0. The Morgan fingerprint density at radius 1 is 0.800 bits per heavy atom. The van der Waals surface area contributed by atoms with E-state index in [-0.39, 0.29) is 18.2 Å². The zero-order chi connectivity index (χ0) is 31.2. The van der Waals surface area contributed by atoms with Crippen molar-refractivity contribution in [2.45, 2.75) is 13.1 Å². The fourth-order valence-electron chi connectivity index (χ4n) is 5.41. The maximum Gasteiger partial charge on any atom is 0.376 e. The third kappa shape index (κ3) is 6.32. The van der Waals surface area contributed by atoms with E-state index in [0.29, 0.717) is 24.5 Å². The van der Waals surface area contributed by atoms with Gasteiger partial charge in [0.2, 0.25) is 5.84 Å². The number of hydrogen-bond acceptors (Lipinski definition) is 10. The van der Waals surface area contributed by atoms with E-state index in [1.807, 2.05) is 71.6 Å². The molecule has 1 saturated heterocycles. The molecule has 10 nitrogen and oxygen atoms in total. The fourth-order valence-corrected chi connectivity index (χ4v) is 5.41. The number of methoxy groups -OCH3 is 1. The predicted octanol–water partition coefficient (Wildman–Crippen LogP) is 5.65. The van der Waals surface area contributed by atoms with Gasteiger partial charge in [-0.15, -0.1) is 5.10 Å². The Morgan fingerprint density at radius 3 is 2.13 bits per heavy atom. The van der Waals surface area contributed by atoms with E-state index >= 15 is 0 Å². The van der Waals surface area contributed by atoms with Crippen LogP contribution in [0.5, 0.6) is 11.5 Å². The zero-order valence-electron chi connectivity index (χ0n) is 25.2. The molecular formula is C35H34N4O6. The van der Waals surface area contributed by atoms with Crippen LogP contribution in [-0.2, 0) is 14.3 Å². The molecule has 2 aliphatic heterocycles. The van der Waals surface area contributed by atoms with E-state index in [4.69, 9.17) is 24.0 Å². The van der Waals surface area contributed by atoms with E-state index in [1.54, 1.807) is 48.3 Å². The predicted molar refractivity (Wildman–Crippen MR) is 172 cm³/mol. The first-order chi connectivity index (χ1) is 22.1. The number of nitrogens with zero attached hydrogens (tertiary/aromatic N) is 4. The first kappa shape index (κ1) is 29.7. The number of amidine groups is 1. The molecule has 2 aliphatic rings. The molecule has 6 rings (SSSR count). The number of para-hydroxylation sites is 1. The molecule has 4 aromatic carbocycles. The molecule has 10 heteroatoms. The van der Waals surface area contributed by atoms with Gasteiger partial charge in [-0.2, -0.15) is 0 Å². The standard InChI is InChI=1S/C35H34N4O6/c1-3-44-35(41)32-36-39(29-12-8-5-9-13-29)33(38(32)28-17-15-27(16-18-28)37-20-22-43-23-21-37)26-14-19-30(31(24-26)42-2)45-34(40)25-10-6-4-7-11-25/h4-19,24,33H,3,20-23H2,1-2H3/t33-/m0/s1. The molecule has 0 N–H and O–H groups in total. The fraction of sp³-hybridized carbons (Fsp3) is 0.229. The SMILES string of the molecule is CCOC(=O)C1=NN(c2ccccc2)[C@@H](c2ccc(OC(=O)c3ccccc3)c(OC)c2)N1c1ccc(N2CCOCC2)cc1. The Labute approximate surface area is 262 Å². The van der Waals surface area contributed by atoms with Crippen LogP contribution in [0, 0.1) is 0 Å². The van der Waals surface area contributed by atoms with Crippen LogP contribution in [0.2, 0.25) is 0 Å². The number of carbonyl (C=O) groups is 2. The highest BCUT2D eigenvalue weighted by atomic mass is 16.6. The lowest BCUT2D eigenvalue weighted by atomic mass is 10.1. The summed E-state index contributed by atoms with van der Waals surface area (Å²) in [6.07, 6.45) is -0.603. The van der Waals surface area contributed by atoms with Crippen LogP contribution >= 0.6 is 0 Å². The largest absolute Gasteiger partial charge is 0.493 e. The van der Waals surface area contributed by atoms with Gasteiger partial charge in [-0.1, -0.05) is 42.5 Å². The van der Waals surface area contributed by atoms with Crippen molar-refractivity contribution in [1.82, 2.24) is 0 Å². The van der Waals surface area contributed by atoms with E-state index in [9.17, 15) is 9.59 Å². The number of esters is 2. The van der Waals surface area contributed by atoms with Gasteiger partial charge in [0.05, 0.1) is 38.2 Å². The molecule has 0 saturated carbocycles. The average Bonchev–Trinajstić information content (AvgIpc) is 3.51. The summed E-state index contributed by atoms with van der Waals surface area (Å²) in [7, 11) is 1.52. The Balaban J connectivity index is 1.41. The van der Waals surface area contributed by atoms with Crippen LogP contribution in [0.25, 0.3) is 0 Å². The lowest BCUT2D eigenvalue weighted by molar-refractivity contribution is -0.135. The van der Waals surface area contributed by atoms with Crippen molar-refractivity contribution in [3.05, 3.63) is 114 Å². The molecule has 0 spiro atoms. The summed E-state index contributed by atoms with van der Waals surface area (Å²) in [5, 5.41) is 6.60. The van der Waals surface area contributed by atoms with Gasteiger partial charge in [0.25, 0.3) is 0 Å². The second kappa shape index (κ2) is 13.5. The van der Waals surface area contributed by atoms with Gasteiger partial charge in [-0.25, -0.2) is 14.6 Å². The third-order valence-corrected chi connectivity index (χ3v) is 7.59. The molecule has 0 aromatic heterocycles. The van der Waals surface area contributed by atoms with Crippen LogP contribution in [0.4, 0.5) is 17.1 Å². The third-order valence-electron chi connectivity index (χ3n) is 7.59. The summed E-state index contributed by atoms with van der Waals surface area (Å²) in [6, 6.07) is 31.8. The van der Waals surface area contributed by atoms with Crippen molar-refractivity contribution in [1.29, 1.82) is 0 Å². The lowest BCUT2D eigenvalue weighted by Gasteiger charge is -2.33. The van der Waals surface area contributed by atoms with E-state index < -0.39 is 18.1 Å². The van der Waals surface area contributed by atoms with Crippen molar-refractivity contribution in [3.63, 3.8) is 0 Å². The Kier molecular flexibility index (Phi) is 8.93. The van der Waals surface area contributed by atoms with Gasteiger partial charge in [0, 0.05) is 30.0 Å². The average molecular weight is 607 g/mol. The van der Waals surface area contributed by atoms with Crippen LogP contribution in [0.1, 0.15) is 29.0 Å². The summed E-state index contributed by atoms with van der Waals surface area (Å²) in [5.41, 5.74) is 3.76. The topological polar surface area (TPSA) is 93.1 Å². The minimum atomic E-state index is -0.603. The molecule has 45 heavy (non-hydrogen) atoms. The molecular weight excluding hydrogens is 572 g/mol. The number of anilines is 3. The maximum absolute atomic E-state index is 13.4. The van der Waals surface area contributed by atoms with E-state index in [0.717, 1.165) is 35.7 Å². The molecule has 0 bridgehead atoms. The van der Waals surface area contributed by atoms with Gasteiger partial charge < -0.3 is 23.8 Å². The number of morpholine rings is 1. The molecule has 0 unspecified atom stereocenters. The van der Waals surface area contributed by atoms with Gasteiger partial charge in [-0.3, -0.25) is 4.90 Å². The summed E-state index contributed by atoms with van der Waals surface area (Å²) in [5.74, 6) is -0.269. The van der Waals surface area contributed by atoms with E-state index in [1.165, 1.54) is 7.11 Å². The number of hydrazone groups is 1. The Hall–Kier alpha value is -5.35. The molecule has 4 aromatic rings. The maximum atomic E-state index is 13.4. The molecule has 1 atom stereocenters. The molecule has 2 heterocycles. The van der Waals surface area contributed by atoms with Crippen molar-refractivity contribution in [2.24, 2.45) is 5.10 Å². The van der Waals surface area contributed by atoms with Crippen LogP contribution in [0.15, 0.2) is 108 Å². The van der Waals surface area contributed by atoms with Crippen LogP contribution in [0.3, 0.4) is 0 Å². The highest BCUT2D eigenvalue weighted by Crippen LogP contribution is 2.42. The number of carbonyl (C=O) groups excluding carboxylic acids is 2. The van der Waals surface area contributed by atoms with Crippen LogP contribution in [-0.4, -0.2) is 57.8 Å². The van der Waals surface area contributed by atoms with Gasteiger partial charge in [-0.05, 0) is 67.6 Å². The van der Waals surface area contributed by atoms with Crippen molar-refractivity contribution < 1.29 is 28.5 Å². The number of rotatable bonds is 9. The summed E-state index contributed by atoms with van der Waals surface area (Å²) < 4.78 is 22.4. The molecule has 1 fully saturated rings. The Morgan fingerprint density at radius 2 is 1.47 bits per heavy atom. The smallest absolute Gasteiger partial charge is 0.376 e. The highest BCUT2D eigenvalue weighted by Gasteiger charge is 2.41. The first-order valence-electron chi connectivity index (χ1n) is 14.8. The second-order valence-corrected chi connectivity index (χ2v) is 10.3. The van der Waals surface area contributed by atoms with Gasteiger partial charge in [0.15, 0.2) is 17.7 Å². The highest BCUT2D eigenvalue weighted by molar-refractivity contribution is 6.42. The molecule has 0 aliphatic carbocycles. The molecule has 0 amide bonds. The van der Waals surface area contributed by atoms with Crippen molar-refractivity contribution >= 4 is 34.8 Å². The number of benzene rings is 4. The minimum absolute atomic E-state index is 0.142. The number of ether oxygens (including phenoxy) is 4. The quantitative estimate of drug-likeness (QED) is 0.177. The minimum Gasteiger partial charge on any atom is -0.493 e. The summed E-state index contributed by atoms with van der Waals surface area (Å²) in [4.78, 5) is 30.4. The normalized spacial score (nSPS) is 16.3. The Bertz CT molecular complexity index is 1660. The van der Waals surface area contributed by atoms with Crippen molar-refractivity contribution in [2.75, 3.05) is 54.8 Å². The summed E-state index contributed by atoms with van der Waals surface area (Å²) in [6.45, 7) is 4.95. The van der Waals surface area contributed by atoms with Crippen molar-refractivity contribution in [3.8, 4) is 11.5 Å².